The Bertz CT molecular complexity index is 2220. The number of nitrogens with zero attached hydrogens (tertiary/aromatic N) is 2. The van der Waals surface area contributed by atoms with Gasteiger partial charge in [-0.2, -0.15) is 0 Å². The number of ether oxygens (including phenoxy) is 1. The monoisotopic (exact) mass is 592 g/mol. The summed E-state index contributed by atoms with van der Waals surface area (Å²) in [4.78, 5) is 4.76. The molecule has 0 saturated carbocycles. The molecule has 220 valence electrons. The van der Waals surface area contributed by atoms with Crippen LogP contribution < -0.4 is 14.5 Å². The summed E-state index contributed by atoms with van der Waals surface area (Å²) in [5.41, 5.74) is 11.6. The molecule has 46 heavy (non-hydrogen) atoms. The first kappa shape index (κ1) is 26.6. The van der Waals surface area contributed by atoms with Crippen LogP contribution >= 0.6 is 0 Å². The summed E-state index contributed by atoms with van der Waals surface area (Å²) in [6, 6.07) is 56.3. The molecule has 0 fully saturated rings. The van der Waals surface area contributed by atoms with E-state index in [1.165, 1.54) is 38.7 Å². The number of anilines is 6. The highest BCUT2D eigenvalue weighted by molar-refractivity contribution is 6.06. The molecule has 0 saturated heterocycles. The zero-order chi connectivity index (χ0) is 30.8. The van der Waals surface area contributed by atoms with E-state index >= 15 is 0 Å². The molecule has 0 bridgehead atoms. The lowest BCUT2D eigenvalue weighted by Crippen LogP contribution is -2.33. The number of fused-ring (bicyclic) bond motifs is 6. The normalized spacial score (nSPS) is 13.7. The van der Waals surface area contributed by atoms with Crippen molar-refractivity contribution in [3.63, 3.8) is 0 Å². The third-order valence-electron chi connectivity index (χ3n) is 9.58. The lowest BCUT2D eigenvalue weighted by atomic mass is 9.70. The van der Waals surface area contributed by atoms with Crippen molar-refractivity contribution in [2.75, 3.05) is 9.80 Å². The number of rotatable bonds is 4. The van der Waals surface area contributed by atoms with E-state index in [1.807, 2.05) is 0 Å². The largest absolute Gasteiger partial charge is 0.453 e. The Kier molecular flexibility index (Phi) is 5.85. The molecule has 0 atom stereocenters. The molecule has 2 aliphatic rings. The molecule has 0 aromatic heterocycles. The van der Waals surface area contributed by atoms with Gasteiger partial charge in [0.1, 0.15) is 0 Å². The van der Waals surface area contributed by atoms with Gasteiger partial charge >= 0.3 is 0 Å². The Morgan fingerprint density at radius 1 is 0.522 bits per heavy atom. The molecule has 0 spiro atoms. The average Bonchev–Trinajstić information content (AvgIpc) is 3.11. The third kappa shape index (κ3) is 3.92. The van der Waals surface area contributed by atoms with Gasteiger partial charge in [0.15, 0.2) is 11.5 Å². The molecule has 3 heteroatoms. The van der Waals surface area contributed by atoms with E-state index in [0.717, 1.165) is 39.9 Å². The van der Waals surface area contributed by atoms with E-state index in [4.69, 9.17) is 4.74 Å². The second-order valence-electron chi connectivity index (χ2n) is 12.6. The Labute approximate surface area is 269 Å². The summed E-state index contributed by atoms with van der Waals surface area (Å²) in [5.74, 6) is 1.78. The van der Waals surface area contributed by atoms with Gasteiger partial charge in [-0.05, 0) is 82.2 Å². The predicted molar refractivity (Wildman–Crippen MR) is 191 cm³/mol. The molecule has 0 radical (unpaired) electrons. The number of benzene rings is 7. The van der Waals surface area contributed by atoms with E-state index in [-0.39, 0.29) is 5.41 Å². The Morgan fingerprint density at radius 2 is 1.15 bits per heavy atom. The number of para-hydroxylation sites is 3. The number of hydrogen-bond donors (Lipinski definition) is 0. The van der Waals surface area contributed by atoms with Crippen LogP contribution in [-0.2, 0) is 5.41 Å². The van der Waals surface area contributed by atoms with Crippen molar-refractivity contribution in [2.45, 2.75) is 19.3 Å². The van der Waals surface area contributed by atoms with Crippen LogP contribution in [0.1, 0.15) is 25.0 Å². The quantitative estimate of drug-likeness (QED) is 0.202. The van der Waals surface area contributed by atoms with Crippen LogP contribution in [0.4, 0.5) is 34.1 Å². The first-order valence-corrected chi connectivity index (χ1v) is 15.9. The van der Waals surface area contributed by atoms with E-state index < -0.39 is 0 Å². The molecule has 0 unspecified atom stereocenters. The standard InChI is InChI=1S/C43H32N2O/c1-43(2)36-20-12-22-38-42(36)45(41-35-18-10-9-13-29(35)25-28-39(41)46-38)37-21-11-19-34(40(37)43)30-23-26-33(27-24-30)44(31-14-5-3-6-15-31)32-16-7-4-8-17-32/h3-28H,1-2H3. The second kappa shape index (κ2) is 10.1. The first-order valence-electron chi connectivity index (χ1n) is 15.9. The summed E-state index contributed by atoms with van der Waals surface area (Å²) in [6.45, 7) is 4.70. The average molecular weight is 593 g/mol. The molecule has 2 aliphatic heterocycles. The summed E-state index contributed by atoms with van der Waals surface area (Å²) in [7, 11) is 0. The maximum absolute atomic E-state index is 6.62. The van der Waals surface area contributed by atoms with Gasteiger partial charge in [-0.3, -0.25) is 0 Å². The van der Waals surface area contributed by atoms with Crippen molar-refractivity contribution in [1.29, 1.82) is 0 Å². The fraction of sp³-hybridized carbons (Fsp3) is 0.0698. The van der Waals surface area contributed by atoms with Crippen molar-refractivity contribution in [3.05, 3.63) is 169 Å². The first-order chi connectivity index (χ1) is 22.6. The number of hydrogen-bond acceptors (Lipinski definition) is 3. The molecule has 9 rings (SSSR count). The minimum atomic E-state index is -0.266. The molecular formula is C43H32N2O. The maximum atomic E-state index is 6.62. The Balaban J connectivity index is 1.23. The van der Waals surface area contributed by atoms with Crippen LogP contribution in [-0.4, -0.2) is 0 Å². The van der Waals surface area contributed by atoms with Crippen molar-refractivity contribution in [3.8, 4) is 22.6 Å². The SMILES string of the molecule is CC1(C)c2cccc3c2N(c2cccc(-c4ccc(N(c5ccccc5)c5ccccc5)cc4)c21)c1c(ccc2ccccc12)O3. The molecular weight excluding hydrogens is 560 g/mol. The summed E-state index contributed by atoms with van der Waals surface area (Å²) < 4.78 is 6.62. The van der Waals surface area contributed by atoms with Crippen molar-refractivity contribution >= 4 is 44.9 Å². The minimum absolute atomic E-state index is 0.266. The topological polar surface area (TPSA) is 15.7 Å². The summed E-state index contributed by atoms with van der Waals surface area (Å²) in [6.07, 6.45) is 0. The highest BCUT2D eigenvalue weighted by Gasteiger charge is 2.43. The van der Waals surface area contributed by atoms with Gasteiger partial charge in [0.05, 0.1) is 17.1 Å². The van der Waals surface area contributed by atoms with Crippen molar-refractivity contribution in [1.82, 2.24) is 0 Å². The lowest BCUT2D eigenvalue weighted by Gasteiger charge is -2.46. The van der Waals surface area contributed by atoms with Gasteiger partial charge in [0, 0.05) is 27.9 Å². The highest BCUT2D eigenvalue weighted by Crippen LogP contribution is 2.62. The molecule has 2 heterocycles. The fourth-order valence-electron chi connectivity index (χ4n) is 7.51. The summed E-state index contributed by atoms with van der Waals surface area (Å²) in [5, 5.41) is 2.38. The zero-order valence-electron chi connectivity index (χ0n) is 25.8. The van der Waals surface area contributed by atoms with E-state index in [2.05, 4.69) is 181 Å². The van der Waals surface area contributed by atoms with E-state index in [9.17, 15) is 0 Å². The lowest BCUT2D eigenvalue weighted by molar-refractivity contribution is 0.472. The maximum Gasteiger partial charge on any atom is 0.152 e. The van der Waals surface area contributed by atoms with Gasteiger partial charge in [0.2, 0.25) is 0 Å². The Hall–Kier alpha value is -5.80. The van der Waals surface area contributed by atoms with Crippen LogP contribution in [0.25, 0.3) is 21.9 Å². The molecule has 0 amide bonds. The smallest absolute Gasteiger partial charge is 0.152 e. The van der Waals surface area contributed by atoms with Crippen LogP contribution in [0.3, 0.4) is 0 Å². The summed E-state index contributed by atoms with van der Waals surface area (Å²) >= 11 is 0. The molecule has 3 nitrogen and oxygen atoms in total. The van der Waals surface area contributed by atoms with Crippen LogP contribution in [0.5, 0.6) is 11.5 Å². The highest BCUT2D eigenvalue weighted by atomic mass is 16.5. The van der Waals surface area contributed by atoms with Crippen molar-refractivity contribution < 1.29 is 4.74 Å². The molecule has 0 N–H and O–H groups in total. The van der Waals surface area contributed by atoms with Gasteiger partial charge < -0.3 is 14.5 Å². The van der Waals surface area contributed by atoms with Gasteiger partial charge in [-0.15, -0.1) is 0 Å². The predicted octanol–water partition coefficient (Wildman–Crippen LogP) is 12.2. The van der Waals surface area contributed by atoms with E-state index in [1.54, 1.807) is 0 Å². The third-order valence-corrected chi connectivity index (χ3v) is 9.58. The van der Waals surface area contributed by atoms with Crippen LogP contribution in [0, 0.1) is 0 Å². The van der Waals surface area contributed by atoms with E-state index in [0.29, 0.717) is 0 Å². The van der Waals surface area contributed by atoms with Crippen LogP contribution in [0.2, 0.25) is 0 Å². The van der Waals surface area contributed by atoms with Crippen LogP contribution in [0.15, 0.2) is 158 Å². The molecule has 7 aromatic rings. The molecule has 7 aromatic carbocycles. The van der Waals surface area contributed by atoms with Gasteiger partial charge in [-0.1, -0.05) is 117 Å². The van der Waals surface area contributed by atoms with Gasteiger partial charge in [-0.25, -0.2) is 0 Å². The second-order valence-corrected chi connectivity index (χ2v) is 12.6. The Morgan fingerprint density at radius 3 is 1.89 bits per heavy atom. The minimum Gasteiger partial charge on any atom is -0.453 e. The zero-order valence-corrected chi connectivity index (χ0v) is 25.8. The fourth-order valence-corrected chi connectivity index (χ4v) is 7.51. The van der Waals surface area contributed by atoms with Crippen molar-refractivity contribution in [2.24, 2.45) is 0 Å². The van der Waals surface area contributed by atoms with Gasteiger partial charge in [0.25, 0.3) is 0 Å². The molecule has 0 aliphatic carbocycles.